The molecule has 388 valence electrons. The molecule has 7 atom stereocenters. The number of H-pyrrole nitrogens is 2. The second kappa shape index (κ2) is 27.4. The number of hydrogen-bond acceptors (Lipinski definition) is 12. The van der Waals surface area contributed by atoms with E-state index in [9.17, 15) is 47.9 Å². The van der Waals surface area contributed by atoms with Crippen molar-refractivity contribution in [2.75, 3.05) is 6.54 Å². The van der Waals surface area contributed by atoms with Gasteiger partial charge in [0.1, 0.15) is 30.2 Å². The van der Waals surface area contributed by atoms with E-state index in [4.69, 9.17) is 17.2 Å². The molecule has 0 fully saturated rings. The number of amides is 9. The number of para-hydroxylation sites is 1. The Morgan fingerprint density at radius 1 is 0.625 bits per heavy atom. The van der Waals surface area contributed by atoms with E-state index in [2.05, 4.69) is 52.2 Å². The number of nitrogens with one attached hydrogen (secondary N) is 9. The lowest BCUT2D eigenvalue weighted by molar-refractivity contribution is -0.135. The van der Waals surface area contributed by atoms with Crippen LogP contribution in [-0.2, 0) is 67.2 Å². The number of benzene rings is 2. The van der Waals surface area contributed by atoms with Crippen LogP contribution >= 0.6 is 0 Å². The Hall–Kier alpha value is -7.95. The summed E-state index contributed by atoms with van der Waals surface area (Å²) in [5.41, 5.74) is 19.5. The number of ketones is 1. The van der Waals surface area contributed by atoms with E-state index in [1.165, 1.54) is 19.4 Å². The van der Waals surface area contributed by atoms with Crippen molar-refractivity contribution in [3.05, 3.63) is 90.1 Å². The van der Waals surface area contributed by atoms with Gasteiger partial charge in [-0.1, -0.05) is 76.2 Å². The number of hydrogen-bond donors (Lipinski definition) is 12. The predicted molar refractivity (Wildman–Crippen MR) is 264 cm³/mol. The third-order valence-corrected chi connectivity index (χ3v) is 11.5. The molecular formula is C49H67N13O10. The number of aromatic amines is 2. The summed E-state index contributed by atoms with van der Waals surface area (Å²) in [5, 5.41) is 18.9. The van der Waals surface area contributed by atoms with Gasteiger partial charge in [-0.05, 0) is 55.2 Å². The normalized spacial score (nSPS) is 14.1. The van der Waals surface area contributed by atoms with Gasteiger partial charge in [0.2, 0.25) is 53.2 Å². The molecule has 15 N–H and O–H groups in total. The van der Waals surface area contributed by atoms with Gasteiger partial charge in [-0.15, -0.1) is 0 Å². The quantitative estimate of drug-likeness (QED) is 0.0283. The minimum Gasteiger partial charge on any atom is -0.370 e. The number of imidazole rings is 1. The van der Waals surface area contributed by atoms with Gasteiger partial charge in [0.25, 0.3) is 0 Å². The highest BCUT2D eigenvalue weighted by molar-refractivity contribution is 6.02. The van der Waals surface area contributed by atoms with E-state index in [1.54, 1.807) is 50.4 Å². The van der Waals surface area contributed by atoms with Crippen LogP contribution in [0.5, 0.6) is 0 Å². The number of carbonyl (C=O) groups excluding carboxylic acids is 10. The van der Waals surface area contributed by atoms with Gasteiger partial charge in [-0.2, -0.15) is 0 Å². The Balaban J connectivity index is 1.45. The third-order valence-electron chi connectivity index (χ3n) is 11.5. The zero-order valence-corrected chi connectivity index (χ0v) is 41.0. The molecule has 0 saturated carbocycles. The molecule has 0 spiro atoms. The van der Waals surface area contributed by atoms with Gasteiger partial charge in [-0.25, -0.2) is 4.98 Å². The standard InChI is InChI=1S/C49H67N13O10/c1-26(2)17-36(39(63)21-41(52)65)60-48(71)38(20-31-23-53-25-56-31)58-42(66)24-55-49(72)43(27(3)4)62-44(67)28(5)57-47(70)37(19-30-22-54-34-14-10-9-13-32(30)34)61-46(69)35(15-16-40(51)64)59-45(68)33(50)18-29-11-7-6-8-12-29/h6-14,22-23,25-28,33,35-38,43,54H,15-21,24,50H2,1-5H3,(H2,51,64)(H2,52,65)(H,53,56)(H,55,72)(H,57,70)(H,58,66)(H,59,68)(H,60,71)(H,61,69)(H,62,67)/t28-,33+,35-,36-,37-,38-,43-/m0/s1. The van der Waals surface area contributed by atoms with Gasteiger partial charge in [0.05, 0.1) is 31.4 Å². The molecule has 0 bridgehead atoms. The number of carbonyl (C=O) groups is 10. The smallest absolute Gasteiger partial charge is 0.243 e. The lowest BCUT2D eigenvalue weighted by Gasteiger charge is -2.26. The van der Waals surface area contributed by atoms with Gasteiger partial charge < -0.3 is 64.4 Å². The molecule has 0 radical (unpaired) electrons. The summed E-state index contributed by atoms with van der Waals surface area (Å²) >= 11 is 0. The second-order valence-electron chi connectivity index (χ2n) is 18.4. The van der Waals surface area contributed by atoms with E-state index in [-0.39, 0.29) is 44.4 Å². The predicted octanol–water partition coefficient (Wildman–Crippen LogP) is -1.30. The maximum atomic E-state index is 14.1. The van der Waals surface area contributed by atoms with E-state index < -0.39 is 120 Å². The van der Waals surface area contributed by atoms with E-state index >= 15 is 0 Å². The molecule has 72 heavy (non-hydrogen) atoms. The van der Waals surface area contributed by atoms with E-state index in [0.717, 1.165) is 16.5 Å². The fourth-order valence-corrected chi connectivity index (χ4v) is 7.65. The van der Waals surface area contributed by atoms with Crippen molar-refractivity contribution in [1.29, 1.82) is 0 Å². The largest absolute Gasteiger partial charge is 0.370 e. The molecule has 2 aromatic heterocycles. The first-order valence-electron chi connectivity index (χ1n) is 23.6. The number of aromatic nitrogens is 3. The van der Waals surface area contributed by atoms with E-state index in [0.29, 0.717) is 11.3 Å². The Morgan fingerprint density at radius 2 is 1.25 bits per heavy atom. The maximum absolute atomic E-state index is 14.1. The summed E-state index contributed by atoms with van der Waals surface area (Å²) in [5.74, 6) is -8.22. The Kier molecular flexibility index (Phi) is 21.6. The fourth-order valence-electron chi connectivity index (χ4n) is 7.65. The van der Waals surface area contributed by atoms with Crippen LogP contribution in [0.4, 0.5) is 0 Å². The first-order chi connectivity index (χ1) is 34.1. The zero-order valence-electron chi connectivity index (χ0n) is 41.0. The second-order valence-corrected chi connectivity index (χ2v) is 18.4. The van der Waals surface area contributed by atoms with Crippen LogP contribution in [-0.4, -0.2) is 123 Å². The topological polar surface area (TPSA) is 377 Å². The minimum absolute atomic E-state index is 0.0600. The SMILES string of the molecule is CC(C)C[C@H](NC(=O)[C@H](Cc1cnc[nH]1)NC(=O)CNC(=O)[C@@H](NC(=O)[C@H](C)NC(=O)[C@H](Cc1c[nH]c2ccccc12)NC(=O)[C@H](CCC(N)=O)NC(=O)[C@H](N)Cc1ccccc1)C(C)C)C(=O)CC(N)=O. The summed E-state index contributed by atoms with van der Waals surface area (Å²) < 4.78 is 0. The minimum atomic E-state index is -1.35. The summed E-state index contributed by atoms with van der Waals surface area (Å²) in [6.07, 6.45) is 3.56. The summed E-state index contributed by atoms with van der Waals surface area (Å²) in [7, 11) is 0. The molecule has 2 heterocycles. The number of fused-ring (bicyclic) bond motifs is 1. The summed E-state index contributed by atoms with van der Waals surface area (Å²) in [4.78, 5) is 142. The lowest BCUT2D eigenvalue weighted by atomic mass is 9.97. The van der Waals surface area contributed by atoms with Crippen LogP contribution < -0.4 is 54.4 Å². The number of primary amides is 2. The fraction of sp³-hybridized carbons (Fsp3) is 0.449. The Bertz CT molecular complexity index is 2530. The summed E-state index contributed by atoms with van der Waals surface area (Å²) in [6.45, 7) is 7.65. The number of nitrogens with two attached hydrogens (primary N) is 3. The molecule has 23 heteroatoms. The van der Waals surface area contributed by atoms with Crippen LogP contribution in [0.2, 0.25) is 0 Å². The van der Waals surface area contributed by atoms with Gasteiger partial charge in [0, 0.05) is 48.3 Å². The van der Waals surface area contributed by atoms with Crippen LogP contribution in [0.25, 0.3) is 10.9 Å². The average Bonchev–Trinajstić information content (AvgIpc) is 4.00. The Morgan fingerprint density at radius 3 is 1.89 bits per heavy atom. The monoisotopic (exact) mass is 998 g/mol. The van der Waals surface area contributed by atoms with Gasteiger partial charge in [-0.3, -0.25) is 47.9 Å². The molecular weight excluding hydrogens is 931 g/mol. The number of rotatable bonds is 29. The van der Waals surface area contributed by atoms with Crippen LogP contribution in [0, 0.1) is 11.8 Å². The average molecular weight is 998 g/mol. The molecule has 4 aromatic rings. The van der Waals surface area contributed by atoms with Crippen molar-refractivity contribution in [3.63, 3.8) is 0 Å². The first kappa shape index (κ1) is 56.6. The maximum Gasteiger partial charge on any atom is 0.243 e. The van der Waals surface area contributed by atoms with Crippen molar-refractivity contribution < 1.29 is 47.9 Å². The van der Waals surface area contributed by atoms with Crippen molar-refractivity contribution in [2.24, 2.45) is 29.0 Å². The van der Waals surface area contributed by atoms with Crippen LogP contribution in [0.1, 0.15) is 77.1 Å². The molecule has 23 nitrogen and oxygen atoms in total. The van der Waals surface area contributed by atoms with Crippen LogP contribution in [0.15, 0.2) is 73.3 Å². The van der Waals surface area contributed by atoms with Crippen molar-refractivity contribution in [2.45, 2.75) is 122 Å². The third kappa shape index (κ3) is 18.1. The molecule has 0 aliphatic heterocycles. The van der Waals surface area contributed by atoms with Crippen molar-refractivity contribution in [3.8, 4) is 0 Å². The molecule has 0 unspecified atom stereocenters. The number of nitrogens with zero attached hydrogens (tertiary/aromatic N) is 1. The number of Topliss-reactive ketones (excluding diaryl/α,β-unsaturated/α-hetero) is 1. The summed E-state index contributed by atoms with van der Waals surface area (Å²) in [6, 6.07) is 7.61. The Labute approximate surface area is 416 Å². The lowest BCUT2D eigenvalue weighted by Crippen LogP contribution is -2.59. The van der Waals surface area contributed by atoms with Crippen LogP contribution in [0.3, 0.4) is 0 Å². The zero-order chi connectivity index (χ0) is 53.1. The highest BCUT2D eigenvalue weighted by Crippen LogP contribution is 2.20. The van der Waals surface area contributed by atoms with Crippen molar-refractivity contribution in [1.82, 2.24) is 52.2 Å². The highest BCUT2D eigenvalue weighted by atomic mass is 16.2. The first-order valence-corrected chi connectivity index (χ1v) is 23.6. The van der Waals surface area contributed by atoms with Crippen molar-refractivity contribution >= 4 is 69.9 Å². The highest BCUT2D eigenvalue weighted by Gasteiger charge is 2.33. The molecule has 4 rings (SSSR count). The molecule has 0 saturated heterocycles. The molecule has 0 aliphatic rings. The van der Waals surface area contributed by atoms with E-state index in [1.807, 2.05) is 38.1 Å². The molecule has 0 aliphatic carbocycles. The molecule has 2 aromatic carbocycles. The van der Waals surface area contributed by atoms with Gasteiger partial charge >= 0.3 is 0 Å². The molecule has 9 amide bonds. The van der Waals surface area contributed by atoms with Gasteiger partial charge in [0.15, 0.2) is 5.78 Å².